The van der Waals surface area contributed by atoms with Crippen LogP contribution < -0.4 is 11.5 Å². The highest BCUT2D eigenvalue weighted by atomic mass is 16.5. The van der Waals surface area contributed by atoms with Gasteiger partial charge in [-0.05, 0) is 12.1 Å². The number of nitrogens with zero attached hydrogens (tertiary/aromatic N) is 3. The lowest BCUT2D eigenvalue weighted by atomic mass is 10.1. The fourth-order valence-electron chi connectivity index (χ4n) is 1.98. The Labute approximate surface area is 181 Å². The van der Waals surface area contributed by atoms with Crippen molar-refractivity contribution < 1.29 is 14.2 Å². The molecule has 0 bridgehead atoms. The van der Waals surface area contributed by atoms with E-state index in [1.54, 1.807) is 4.68 Å². The quantitative estimate of drug-likeness (QED) is 0.375. The number of rotatable bonds is 13. The fourth-order valence-corrected chi connectivity index (χ4v) is 1.98. The van der Waals surface area contributed by atoms with E-state index in [9.17, 15) is 0 Å². The third kappa shape index (κ3) is 14.1. The third-order valence-corrected chi connectivity index (χ3v) is 3.72. The Morgan fingerprint density at radius 3 is 1.90 bits per heavy atom. The molecule has 0 amide bonds. The van der Waals surface area contributed by atoms with Crippen LogP contribution in [0.5, 0.6) is 0 Å². The summed E-state index contributed by atoms with van der Waals surface area (Å²) in [7, 11) is 0. The summed E-state index contributed by atoms with van der Waals surface area (Å²) in [5.74, 6) is 0. The van der Waals surface area contributed by atoms with Gasteiger partial charge in [-0.25, -0.2) is 4.68 Å². The van der Waals surface area contributed by atoms with Crippen molar-refractivity contribution in [1.29, 1.82) is 0 Å². The Morgan fingerprint density at radius 2 is 1.37 bits per heavy atom. The number of nitrogen functional groups attached to an aromatic ring is 1. The second kappa shape index (κ2) is 20.3. The van der Waals surface area contributed by atoms with E-state index >= 15 is 0 Å². The van der Waals surface area contributed by atoms with Crippen molar-refractivity contribution in [2.45, 2.75) is 47.1 Å². The molecular weight excluding hydrogens is 382 g/mol. The lowest BCUT2D eigenvalue weighted by Crippen LogP contribution is -2.14. The Hall–Kier alpha value is -2.00. The summed E-state index contributed by atoms with van der Waals surface area (Å²) in [6, 6.07) is 7.54. The number of nitrogens with two attached hydrogens (primary N) is 2. The van der Waals surface area contributed by atoms with Crippen molar-refractivity contribution in [3.63, 3.8) is 0 Å². The predicted octanol–water partition coefficient (Wildman–Crippen LogP) is 3.37. The largest absolute Gasteiger partial charge is 0.399 e. The first-order valence-electron chi connectivity index (χ1n) is 10.9. The molecule has 0 fully saturated rings. The minimum absolute atomic E-state index is 0.533. The molecule has 0 radical (unpaired) electrons. The molecule has 8 nitrogen and oxygen atoms in total. The second-order valence-corrected chi connectivity index (χ2v) is 6.11. The van der Waals surface area contributed by atoms with Crippen LogP contribution in [-0.4, -0.2) is 61.2 Å². The maximum Gasteiger partial charge on any atom is 0.113 e. The average molecular weight is 424 g/mol. The van der Waals surface area contributed by atoms with Gasteiger partial charge in [0.25, 0.3) is 0 Å². The van der Waals surface area contributed by atoms with Crippen LogP contribution in [0.25, 0.3) is 11.3 Å². The lowest BCUT2D eigenvalue weighted by Gasteiger charge is -2.06. The predicted molar refractivity (Wildman–Crippen MR) is 123 cm³/mol. The summed E-state index contributed by atoms with van der Waals surface area (Å²) in [5, 5.41) is 8.24. The van der Waals surface area contributed by atoms with Gasteiger partial charge in [-0.15, -0.1) is 5.10 Å². The molecule has 0 aliphatic carbocycles. The van der Waals surface area contributed by atoms with Gasteiger partial charge in [0, 0.05) is 17.8 Å². The normalized spacial score (nSPS) is 10.0. The van der Waals surface area contributed by atoms with Crippen molar-refractivity contribution in [1.82, 2.24) is 15.0 Å². The van der Waals surface area contributed by atoms with Crippen LogP contribution in [0.2, 0.25) is 0 Å². The first-order valence-corrected chi connectivity index (χ1v) is 10.9. The Morgan fingerprint density at radius 1 is 0.833 bits per heavy atom. The average Bonchev–Trinajstić information content (AvgIpc) is 3.26. The van der Waals surface area contributed by atoms with Gasteiger partial charge in [-0.2, -0.15) is 0 Å². The Bertz CT molecular complexity index is 603. The van der Waals surface area contributed by atoms with Gasteiger partial charge < -0.3 is 25.7 Å². The van der Waals surface area contributed by atoms with Crippen LogP contribution in [0, 0.1) is 0 Å². The van der Waals surface area contributed by atoms with E-state index < -0.39 is 0 Å². The summed E-state index contributed by atoms with van der Waals surface area (Å²) >= 11 is 0. The molecule has 4 N–H and O–H groups in total. The van der Waals surface area contributed by atoms with E-state index in [-0.39, 0.29) is 0 Å². The van der Waals surface area contributed by atoms with Crippen molar-refractivity contribution in [3.8, 4) is 11.3 Å². The van der Waals surface area contributed by atoms with Crippen LogP contribution in [-0.2, 0) is 20.8 Å². The van der Waals surface area contributed by atoms with Gasteiger partial charge in [-0.1, -0.05) is 57.9 Å². The highest BCUT2D eigenvalue weighted by Crippen LogP contribution is 2.17. The molecule has 1 heterocycles. The van der Waals surface area contributed by atoms with E-state index in [2.05, 4.69) is 24.2 Å². The van der Waals surface area contributed by atoms with Crippen molar-refractivity contribution in [2.24, 2.45) is 5.73 Å². The molecule has 0 aliphatic heterocycles. The number of aromatic nitrogens is 3. The van der Waals surface area contributed by atoms with E-state index in [0.29, 0.717) is 52.7 Å². The fraction of sp³-hybridized carbons (Fsp3) is 0.636. The molecule has 1 aromatic carbocycles. The number of ether oxygens (including phenoxy) is 3. The molecule has 172 valence electrons. The van der Waals surface area contributed by atoms with Crippen molar-refractivity contribution >= 4 is 5.69 Å². The maximum absolute atomic E-state index is 5.68. The van der Waals surface area contributed by atoms with E-state index in [4.69, 9.17) is 25.7 Å². The van der Waals surface area contributed by atoms with Gasteiger partial charge in [0.15, 0.2) is 0 Å². The molecule has 1 aromatic heterocycles. The highest BCUT2D eigenvalue weighted by molar-refractivity contribution is 5.60. The molecular formula is C22H41N5O3. The van der Waals surface area contributed by atoms with E-state index in [0.717, 1.165) is 16.9 Å². The minimum atomic E-state index is 0.533. The summed E-state index contributed by atoms with van der Waals surface area (Å²) < 4.78 is 17.8. The van der Waals surface area contributed by atoms with Gasteiger partial charge in [-0.3, -0.25) is 0 Å². The maximum atomic E-state index is 5.68. The van der Waals surface area contributed by atoms with Crippen LogP contribution >= 0.6 is 0 Å². The van der Waals surface area contributed by atoms with Gasteiger partial charge >= 0.3 is 0 Å². The van der Waals surface area contributed by atoms with Crippen molar-refractivity contribution in [2.75, 3.05) is 51.9 Å². The number of hydrogen-bond acceptors (Lipinski definition) is 7. The molecule has 30 heavy (non-hydrogen) atoms. The monoisotopic (exact) mass is 423 g/mol. The molecule has 2 rings (SSSR count). The number of anilines is 1. The van der Waals surface area contributed by atoms with E-state index in [1.165, 1.54) is 12.8 Å². The molecule has 2 aromatic rings. The molecule has 8 heteroatoms. The van der Waals surface area contributed by atoms with Crippen molar-refractivity contribution in [3.05, 3.63) is 30.5 Å². The van der Waals surface area contributed by atoms with E-state index in [1.807, 2.05) is 44.3 Å². The second-order valence-electron chi connectivity index (χ2n) is 6.11. The summed E-state index contributed by atoms with van der Waals surface area (Å²) in [6.07, 6.45) is 4.53. The summed E-state index contributed by atoms with van der Waals surface area (Å²) in [5.41, 5.74) is 13.5. The Kier molecular flexibility index (Phi) is 18.9. The first kappa shape index (κ1) is 28.0. The highest BCUT2D eigenvalue weighted by Gasteiger charge is 2.03. The first-order chi connectivity index (χ1) is 14.7. The van der Waals surface area contributed by atoms with Gasteiger partial charge in [0.1, 0.15) is 5.69 Å². The molecule has 0 unspecified atom stereocenters. The topological polar surface area (TPSA) is 110 Å². The molecule has 0 aliphatic rings. The lowest BCUT2D eigenvalue weighted by molar-refractivity contribution is 0.0141. The molecule has 0 saturated carbocycles. The number of hydrogen-bond donors (Lipinski definition) is 2. The van der Waals surface area contributed by atoms with Crippen LogP contribution in [0.4, 0.5) is 5.69 Å². The summed E-state index contributed by atoms with van der Waals surface area (Å²) in [6.45, 7) is 12.8. The smallest absolute Gasteiger partial charge is 0.113 e. The Balaban J connectivity index is 0.00000125. The zero-order valence-electron chi connectivity index (χ0n) is 19.2. The number of benzene rings is 1. The molecule has 0 atom stereocenters. The van der Waals surface area contributed by atoms with Crippen LogP contribution in [0.15, 0.2) is 30.5 Å². The standard InChI is InChI=1S/C16H25N5O3.C4H10.C2H6/c17-5-7-22-9-11-24-12-10-23-8-6-21-13-16(19-20-21)14-1-3-15(18)4-2-14;1-3-4-2;1-2/h1-4,13H,5-12,17-18H2;3-4H2,1-2H3;1-2H3. The third-order valence-electron chi connectivity index (χ3n) is 3.72. The zero-order chi connectivity index (χ0) is 22.5. The van der Waals surface area contributed by atoms with Gasteiger partial charge in [0.05, 0.1) is 52.4 Å². The SMILES string of the molecule is CC.CCCC.NCCOCCOCCOCCn1cc(-c2ccc(N)cc2)nn1. The number of unbranched alkanes of at least 4 members (excludes halogenated alkanes) is 1. The molecule has 0 spiro atoms. The molecule has 0 saturated heterocycles. The van der Waals surface area contributed by atoms with Gasteiger partial charge in [0.2, 0.25) is 0 Å². The van der Waals surface area contributed by atoms with Crippen LogP contribution in [0.1, 0.15) is 40.5 Å². The zero-order valence-corrected chi connectivity index (χ0v) is 19.2. The summed E-state index contributed by atoms with van der Waals surface area (Å²) in [4.78, 5) is 0. The minimum Gasteiger partial charge on any atom is -0.399 e. The van der Waals surface area contributed by atoms with Crippen LogP contribution in [0.3, 0.4) is 0 Å².